The van der Waals surface area contributed by atoms with Gasteiger partial charge in [0.05, 0.1) is 17.6 Å². The van der Waals surface area contributed by atoms with Crippen LogP contribution in [0, 0.1) is 13.8 Å². The van der Waals surface area contributed by atoms with Gasteiger partial charge in [-0.2, -0.15) is 0 Å². The fourth-order valence-corrected chi connectivity index (χ4v) is 1.66. The molecule has 1 aromatic carbocycles. The summed E-state index contributed by atoms with van der Waals surface area (Å²) in [4.78, 5) is 8.67. The van der Waals surface area contributed by atoms with E-state index in [1.165, 1.54) is 0 Å². The maximum Gasteiger partial charge on any atom is 0.144 e. The topological polar surface area (TPSA) is 63.8 Å². The molecule has 0 amide bonds. The van der Waals surface area contributed by atoms with Gasteiger partial charge in [-0.25, -0.2) is 4.98 Å². The number of hydrogen-bond acceptors (Lipinski definition) is 4. The SMILES string of the molecule is Cc1ncc(NCC(N)c2ccccc2)nc1C. The van der Waals surface area contributed by atoms with E-state index in [1.807, 2.05) is 44.2 Å². The van der Waals surface area contributed by atoms with Gasteiger partial charge in [-0.3, -0.25) is 4.98 Å². The molecule has 4 heteroatoms. The molecule has 4 nitrogen and oxygen atoms in total. The highest BCUT2D eigenvalue weighted by atomic mass is 15.0. The van der Waals surface area contributed by atoms with Gasteiger partial charge < -0.3 is 11.1 Å². The standard InChI is InChI=1S/C14H18N4/c1-10-11(2)18-14(9-16-10)17-8-13(15)12-6-4-3-5-7-12/h3-7,9,13H,8,15H2,1-2H3,(H,17,18). The quantitative estimate of drug-likeness (QED) is 0.862. The van der Waals surface area contributed by atoms with Gasteiger partial charge in [0.25, 0.3) is 0 Å². The van der Waals surface area contributed by atoms with E-state index in [4.69, 9.17) is 5.73 Å². The van der Waals surface area contributed by atoms with Crippen LogP contribution in [-0.4, -0.2) is 16.5 Å². The molecule has 0 aliphatic heterocycles. The number of nitrogens with zero attached hydrogens (tertiary/aromatic N) is 2. The lowest BCUT2D eigenvalue weighted by atomic mass is 10.1. The first-order valence-electron chi connectivity index (χ1n) is 6.01. The minimum Gasteiger partial charge on any atom is -0.367 e. The molecule has 3 N–H and O–H groups in total. The first kappa shape index (κ1) is 12.5. The third-order valence-corrected chi connectivity index (χ3v) is 2.92. The Morgan fingerprint density at radius 1 is 1.17 bits per heavy atom. The molecule has 0 saturated carbocycles. The second-order valence-corrected chi connectivity index (χ2v) is 4.32. The van der Waals surface area contributed by atoms with Crippen molar-refractivity contribution in [2.75, 3.05) is 11.9 Å². The number of benzene rings is 1. The molecule has 0 fully saturated rings. The molecule has 1 unspecified atom stereocenters. The maximum absolute atomic E-state index is 6.10. The highest BCUT2D eigenvalue weighted by molar-refractivity contribution is 5.34. The summed E-state index contributed by atoms with van der Waals surface area (Å²) in [6, 6.07) is 9.97. The summed E-state index contributed by atoms with van der Waals surface area (Å²) in [5.74, 6) is 0.768. The number of aryl methyl sites for hydroxylation is 2. The van der Waals surface area contributed by atoms with Crippen LogP contribution in [0.2, 0.25) is 0 Å². The largest absolute Gasteiger partial charge is 0.367 e. The summed E-state index contributed by atoms with van der Waals surface area (Å²) in [5.41, 5.74) is 9.10. The minimum absolute atomic E-state index is 0.0467. The summed E-state index contributed by atoms with van der Waals surface area (Å²) in [5, 5.41) is 3.21. The molecule has 0 bridgehead atoms. The van der Waals surface area contributed by atoms with Gasteiger partial charge in [-0.1, -0.05) is 30.3 Å². The summed E-state index contributed by atoms with van der Waals surface area (Å²) >= 11 is 0. The zero-order chi connectivity index (χ0) is 13.0. The van der Waals surface area contributed by atoms with Crippen LogP contribution in [0.1, 0.15) is 23.0 Å². The van der Waals surface area contributed by atoms with Crippen molar-refractivity contribution in [2.45, 2.75) is 19.9 Å². The normalized spacial score (nSPS) is 12.2. The Kier molecular flexibility index (Phi) is 3.89. The number of aromatic nitrogens is 2. The molecule has 94 valence electrons. The van der Waals surface area contributed by atoms with Crippen LogP contribution in [0.5, 0.6) is 0 Å². The fraction of sp³-hybridized carbons (Fsp3) is 0.286. The lowest BCUT2D eigenvalue weighted by molar-refractivity contribution is 0.760. The van der Waals surface area contributed by atoms with Gasteiger partial charge in [-0.15, -0.1) is 0 Å². The van der Waals surface area contributed by atoms with Crippen LogP contribution in [0.25, 0.3) is 0 Å². The Morgan fingerprint density at radius 2 is 1.89 bits per heavy atom. The fourth-order valence-electron chi connectivity index (χ4n) is 1.66. The van der Waals surface area contributed by atoms with Gasteiger partial charge >= 0.3 is 0 Å². The highest BCUT2D eigenvalue weighted by Gasteiger charge is 2.06. The summed E-state index contributed by atoms with van der Waals surface area (Å²) in [6.45, 7) is 4.54. The van der Waals surface area contributed by atoms with E-state index < -0.39 is 0 Å². The second-order valence-electron chi connectivity index (χ2n) is 4.32. The van der Waals surface area contributed by atoms with Crippen molar-refractivity contribution < 1.29 is 0 Å². The maximum atomic E-state index is 6.10. The summed E-state index contributed by atoms with van der Waals surface area (Å²) < 4.78 is 0. The molecule has 1 atom stereocenters. The van der Waals surface area contributed by atoms with Crippen LogP contribution >= 0.6 is 0 Å². The molecule has 0 aliphatic rings. The van der Waals surface area contributed by atoms with Crippen molar-refractivity contribution in [1.82, 2.24) is 9.97 Å². The number of nitrogens with two attached hydrogens (primary N) is 1. The van der Waals surface area contributed by atoms with E-state index in [2.05, 4.69) is 15.3 Å². The number of nitrogens with one attached hydrogen (secondary N) is 1. The molecule has 2 aromatic rings. The Labute approximate surface area is 107 Å². The predicted octanol–water partition coefficient (Wildman–Crippen LogP) is 2.21. The zero-order valence-electron chi connectivity index (χ0n) is 10.7. The second kappa shape index (κ2) is 5.60. The number of rotatable bonds is 4. The Bertz CT molecular complexity index is 510. The molecular formula is C14H18N4. The molecule has 18 heavy (non-hydrogen) atoms. The lowest BCUT2D eigenvalue weighted by Crippen LogP contribution is -2.21. The molecular weight excluding hydrogens is 224 g/mol. The van der Waals surface area contributed by atoms with E-state index in [0.717, 1.165) is 22.8 Å². The van der Waals surface area contributed by atoms with Crippen LogP contribution in [0.15, 0.2) is 36.5 Å². The molecule has 2 rings (SSSR count). The van der Waals surface area contributed by atoms with E-state index in [0.29, 0.717) is 6.54 Å². The van der Waals surface area contributed by atoms with Crippen LogP contribution < -0.4 is 11.1 Å². The molecule has 0 saturated heterocycles. The molecule has 1 aromatic heterocycles. The molecule has 0 aliphatic carbocycles. The summed E-state index contributed by atoms with van der Waals surface area (Å²) in [6.07, 6.45) is 1.74. The average Bonchev–Trinajstić information content (AvgIpc) is 2.41. The predicted molar refractivity (Wildman–Crippen MR) is 73.4 cm³/mol. The van der Waals surface area contributed by atoms with Gasteiger partial charge in [0.15, 0.2) is 0 Å². The van der Waals surface area contributed by atoms with Gasteiger partial charge in [0, 0.05) is 12.6 Å². The van der Waals surface area contributed by atoms with Gasteiger partial charge in [0.1, 0.15) is 5.82 Å². The zero-order valence-corrected chi connectivity index (χ0v) is 10.7. The van der Waals surface area contributed by atoms with Crippen LogP contribution in [-0.2, 0) is 0 Å². The first-order valence-corrected chi connectivity index (χ1v) is 6.01. The molecule has 0 radical (unpaired) electrons. The van der Waals surface area contributed by atoms with Crippen LogP contribution in [0.3, 0.4) is 0 Å². The van der Waals surface area contributed by atoms with Crippen molar-refractivity contribution in [3.8, 4) is 0 Å². The Morgan fingerprint density at radius 3 is 2.56 bits per heavy atom. The average molecular weight is 242 g/mol. The van der Waals surface area contributed by atoms with Gasteiger partial charge in [-0.05, 0) is 19.4 Å². The van der Waals surface area contributed by atoms with E-state index >= 15 is 0 Å². The van der Waals surface area contributed by atoms with Crippen molar-refractivity contribution in [2.24, 2.45) is 5.73 Å². The number of hydrogen-bond donors (Lipinski definition) is 2. The van der Waals surface area contributed by atoms with Gasteiger partial charge in [0.2, 0.25) is 0 Å². The smallest absolute Gasteiger partial charge is 0.144 e. The van der Waals surface area contributed by atoms with Crippen molar-refractivity contribution >= 4 is 5.82 Å². The lowest BCUT2D eigenvalue weighted by Gasteiger charge is -2.13. The van der Waals surface area contributed by atoms with Crippen molar-refractivity contribution in [1.29, 1.82) is 0 Å². The van der Waals surface area contributed by atoms with E-state index in [-0.39, 0.29) is 6.04 Å². The van der Waals surface area contributed by atoms with Crippen molar-refractivity contribution in [3.63, 3.8) is 0 Å². The third kappa shape index (κ3) is 3.05. The third-order valence-electron chi connectivity index (χ3n) is 2.92. The number of anilines is 1. The Hall–Kier alpha value is -1.94. The Balaban J connectivity index is 1.97. The van der Waals surface area contributed by atoms with E-state index in [9.17, 15) is 0 Å². The highest BCUT2D eigenvalue weighted by Crippen LogP contribution is 2.11. The van der Waals surface area contributed by atoms with E-state index in [1.54, 1.807) is 6.20 Å². The molecule has 0 spiro atoms. The van der Waals surface area contributed by atoms with Crippen LogP contribution in [0.4, 0.5) is 5.82 Å². The minimum atomic E-state index is -0.0467. The summed E-state index contributed by atoms with van der Waals surface area (Å²) in [7, 11) is 0. The monoisotopic (exact) mass is 242 g/mol. The molecule has 1 heterocycles. The van der Waals surface area contributed by atoms with Crippen molar-refractivity contribution in [3.05, 3.63) is 53.5 Å². The first-order chi connectivity index (χ1) is 8.66.